The van der Waals surface area contributed by atoms with Crippen LogP contribution in [0.3, 0.4) is 0 Å². The lowest BCUT2D eigenvalue weighted by Crippen LogP contribution is -2.36. The van der Waals surface area contributed by atoms with E-state index in [-0.39, 0.29) is 0 Å². The predicted octanol–water partition coefficient (Wildman–Crippen LogP) is 2.47. The second kappa shape index (κ2) is 6.45. The molecule has 6 heteroatoms. The van der Waals surface area contributed by atoms with Crippen molar-refractivity contribution < 1.29 is 4.74 Å². The molecule has 0 amide bonds. The minimum absolute atomic E-state index is 0.436. The minimum atomic E-state index is 0.436. The summed E-state index contributed by atoms with van der Waals surface area (Å²) in [4.78, 5) is 15.7. The third-order valence-corrected chi connectivity index (χ3v) is 4.53. The molecule has 1 aromatic heterocycles. The number of fused-ring (bicyclic) bond motifs is 1. The van der Waals surface area contributed by atoms with Crippen molar-refractivity contribution in [3.63, 3.8) is 0 Å². The third-order valence-electron chi connectivity index (χ3n) is 4.53. The number of anilines is 2. The van der Waals surface area contributed by atoms with Gasteiger partial charge in [-0.15, -0.1) is 0 Å². The van der Waals surface area contributed by atoms with Gasteiger partial charge in [0.15, 0.2) is 0 Å². The molecule has 0 aromatic carbocycles. The van der Waals surface area contributed by atoms with Crippen molar-refractivity contribution in [1.29, 1.82) is 0 Å². The van der Waals surface area contributed by atoms with Crippen molar-refractivity contribution in [1.82, 2.24) is 15.0 Å². The van der Waals surface area contributed by atoms with Crippen LogP contribution in [0.25, 0.3) is 0 Å². The smallest absolute Gasteiger partial charge is 0.323 e. The summed E-state index contributed by atoms with van der Waals surface area (Å²) in [6.45, 7) is 3.77. The normalized spacial score (nSPS) is 24.8. The van der Waals surface area contributed by atoms with E-state index in [0.29, 0.717) is 24.6 Å². The standard InChI is InChI=1S/C15H25N5O/c1-3-10-21-15-18-13(16-2)17-14(19-15)20-9-8-11-6-4-5-7-12(11)20/h11-12H,3-10H2,1-2H3,(H,16,17,18,19). The predicted molar refractivity (Wildman–Crippen MR) is 82.9 cm³/mol. The van der Waals surface area contributed by atoms with E-state index < -0.39 is 0 Å². The van der Waals surface area contributed by atoms with Gasteiger partial charge in [-0.05, 0) is 31.6 Å². The summed E-state index contributed by atoms with van der Waals surface area (Å²) >= 11 is 0. The van der Waals surface area contributed by atoms with Gasteiger partial charge in [-0.25, -0.2) is 0 Å². The lowest BCUT2D eigenvalue weighted by atomic mass is 9.85. The molecule has 6 nitrogen and oxygen atoms in total. The molecule has 1 N–H and O–H groups in total. The van der Waals surface area contributed by atoms with E-state index in [0.717, 1.165) is 24.8 Å². The molecule has 2 atom stereocenters. The summed E-state index contributed by atoms with van der Waals surface area (Å²) in [5.41, 5.74) is 0. The molecule has 2 aliphatic rings. The topological polar surface area (TPSA) is 63.2 Å². The fourth-order valence-electron chi connectivity index (χ4n) is 3.50. The molecular formula is C15H25N5O. The molecule has 1 saturated heterocycles. The van der Waals surface area contributed by atoms with Crippen LogP contribution in [-0.2, 0) is 0 Å². The second-order valence-corrected chi connectivity index (χ2v) is 5.93. The maximum absolute atomic E-state index is 5.61. The Bertz CT molecular complexity index is 481. The molecule has 0 bridgehead atoms. The van der Waals surface area contributed by atoms with Gasteiger partial charge < -0.3 is 15.0 Å². The molecule has 2 unspecified atom stereocenters. The summed E-state index contributed by atoms with van der Waals surface area (Å²) in [6, 6.07) is 1.04. The van der Waals surface area contributed by atoms with Crippen molar-refractivity contribution in [2.45, 2.75) is 51.5 Å². The Labute approximate surface area is 126 Å². The Morgan fingerprint density at radius 1 is 1.19 bits per heavy atom. The fourth-order valence-corrected chi connectivity index (χ4v) is 3.50. The van der Waals surface area contributed by atoms with Gasteiger partial charge >= 0.3 is 6.01 Å². The average Bonchev–Trinajstić information content (AvgIpc) is 2.96. The zero-order valence-corrected chi connectivity index (χ0v) is 13.0. The molecule has 21 heavy (non-hydrogen) atoms. The van der Waals surface area contributed by atoms with E-state index in [1.165, 1.54) is 32.1 Å². The summed E-state index contributed by atoms with van der Waals surface area (Å²) in [6.07, 6.45) is 7.51. The van der Waals surface area contributed by atoms with Crippen molar-refractivity contribution in [2.75, 3.05) is 30.4 Å². The van der Waals surface area contributed by atoms with Crippen LogP contribution in [0.4, 0.5) is 11.9 Å². The van der Waals surface area contributed by atoms with E-state index in [1.54, 1.807) is 0 Å². The number of nitrogens with zero attached hydrogens (tertiary/aromatic N) is 4. The van der Waals surface area contributed by atoms with Crippen LogP contribution in [0.5, 0.6) is 6.01 Å². The molecule has 1 aromatic rings. The van der Waals surface area contributed by atoms with E-state index in [2.05, 4.69) is 32.1 Å². The minimum Gasteiger partial charge on any atom is -0.463 e. The average molecular weight is 291 g/mol. The number of rotatable bonds is 5. The summed E-state index contributed by atoms with van der Waals surface area (Å²) in [5, 5.41) is 3.01. The van der Waals surface area contributed by atoms with Crippen LogP contribution in [0.1, 0.15) is 45.4 Å². The molecule has 0 spiro atoms. The van der Waals surface area contributed by atoms with Gasteiger partial charge in [-0.2, -0.15) is 15.0 Å². The molecular weight excluding hydrogens is 266 g/mol. The van der Waals surface area contributed by atoms with E-state index >= 15 is 0 Å². The number of nitrogens with one attached hydrogen (secondary N) is 1. The Hall–Kier alpha value is -1.59. The first-order chi connectivity index (χ1) is 10.3. The highest BCUT2D eigenvalue weighted by atomic mass is 16.5. The van der Waals surface area contributed by atoms with E-state index in [1.807, 2.05) is 7.05 Å². The monoisotopic (exact) mass is 291 g/mol. The molecule has 116 valence electrons. The summed E-state index contributed by atoms with van der Waals surface area (Å²) in [5.74, 6) is 2.17. The van der Waals surface area contributed by atoms with E-state index in [4.69, 9.17) is 4.74 Å². The zero-order valence-electron chi connectivity index (χ0n) is 13.0. The fraction of sp³-hybridized carbons (Fsp3) is 0.800. The third kappa shape index (κ3) is 3.04. The van der Waals surface area contributed by atoms with Gasteiger partial charge in [-0.1, -0.05) is 19.8 Å². The van der Waals surface area contributed by atoms with Crippen LogP contribution in [0.2, 0.25) is 0 Å². The highest BCUT2D eigenvalue weighted by Crippen LogP contribution is 2.38. The zero-order chi connectivity index (χ0) is 14.7. The van der Waals surface area contributed by atoms with Crippen LogP contribution < -0.4 is 15.0 Å². The number of aromatic nitrogens is 3. The lowest BCUT2D eigenvalue weighted by molar-refractivity contribution is 0.291. The Kier molecular flexibility index (Phi) is 4.41. The number of ether oxygens (including phenoxy) is 1. The molecule has 1 saturated carbocycles. The maximum Gasteiger partial charge on any atom is 0.323 e. The van der Waals surface area contributed by atoms with Gasteiger partial charge in [0.2, 0.25) is 11.9 Å². The molecule has 2 heterocycles. The van der Waals surface area contributed by atoms with Crippen molar-refractivity contribution >= 4 is 11.9 Å². The largest absolute Gasteiger partial charge is 0.463 e. The first kappa shape index (κ1) is 14.4. The summed E-state index contributed by atoms with van der Waals surface area (Å²) < 4.78 is 5.61. The molecule has 3 rings (SSSR count). The molecule has 1 aliphatic carbocycles. The molecule has 2 fully saturated rings. The lowest BCUT2D eigenvalue weighted by Gasteiger charge is -2.31. The Balaban J connectivity index is 1.83. The van der Waals surface area contributed by atoms with Crippen molar-refractivity contribution in [3.8, 4) is 6.01 Å². The number of hydrogen-bond donors (Lipinski definition) is 1. The maximum atomic E-state index is 5.61. The SMILES string of the molecule is CCCOc1nc(NC)nc(N2CCC3CCCCC32)n1. The van der Waals surface area contributed by atoms with Gasteiger partial charge in [0.25, 0.3) is 0 Å². The van der Waals surface area contributed by atoms with Gasteiger partial charge in [0.05, 0.1) is 6.61 Å². The first-order valence-electron chi connectivity index (χ1n) is 8.15. The van der Waals surface area contributed by atoms with Gasteiger partial charge in [0.1, 0.15) is 0 Å². The Morgan fingerprint density at radius 2 is 2.05 bits per heavy atom. The quantitative estimate of drug-likeness (QED) is 0.899. The van der Waals surface area contributed by atoms with Gasteiger partial charge in [0, 0.05) is 19.6 Å². The van der Waals surface area contributed by atoms with Crippen molar-refractivity contribution in [2.24, 2.45) is 5.92 Å². The molecule has 0 radical (unpaired) electrons. The van der Waals surface area contributed by atoms with Crippen LogP contribution >= 0.6 is 0 Å². The van der Waals surface area contributed by atoms with Crippen LogP contribution in [-0.4, -0.2) is 41.2 Å². The Morgan fingerprint density at radius 3 is 2.86 bits per heavy atom. The van der Waals surface area contributed by atoms with Crippen LogP contribution in [0.15, 0.2) is 0 Å². The highest BCUT2D eigenvalue weighted by Gasteiger charge is 2.37. The van der Waals surface area contributed by atoms with Crippen molar-refractivity contribution in [3.05, 3.63) is 0 Å². The summed E-state index contributed by atoms with van der Waals surface area (Å²) in [7, 11) is 1.83. The number of hydrogen-bond acceptors (Lipinski definition) is 6. The van der Waals surface area contributed by atoms with Crippen LogP contribution in [0, 0.1) is 5.92 Å². The first-order valence-corrected chi connectivity index (χ1v) is 8.15. The van der Waals surface area contributed by atoms with Gasteiger partial charge in [-0.3, -0.25) is 0 Å². The van der Waals surface area contributed by atoms with E-state index in [9.17, 15) is 0 Å². The highest BCUT2D eigenvalue weighted by molar-refractivity contribution is 5.40. The second-order valence-electron chi connectivity index (χ2n) is 5.93. The molecule has 1 aliphatic heterocycles.